The first-order chi connectivity index (χ1) is 40.2. The van der Waals surface area contributed by atoms with Gasteiger partial charge in [0.25, 0.3) is 0 Å². The van der Waals surface area contributed by atoms with Crippen LogP contribution in [0, 0.1) is 22.7 Å². The van der Waals surface area contributed by atoms with Gasteiger partial charge in [0.2, 0.25) is 0 Å². The Morgan fingerprint density at radius 2 is 0.630 bits per heavy atom. The highest BCUT2D eigenvalue weighted by Gasteiger charge is 2.35. The molecule has 0 N–H and O–H groups in total. The van der Waals surface area contributed by atoms with Crippen molar-refractivity contribution in [1.29, 1.82) is 10.5 Å². The Labute approximate surface area is 467 Å². The minimum Gasteiger partial charge on any atom is -0.306 e. The van der Waals surface area contributed by atoms with Gasteiger partial charge in [-0.25, -0.2) is 0 Å². The minimum atomic E-state index is 0.421. The van der Waals surface area contributed by atoms with Gasteiger partial charge >= 0.3 is 0 Å². The van der Waals surface area contributed by atoms with E-state index in [0.717, 1.165) is 120 Å². The Morgan fingerprint density at radius 1 is 0.272 bits per heavy atom. The molecule has 5 aromatic heterocycles. The second kappa shape index (κ2) is 17.3. The third-order valence-electron chi connectivity index (χ3n) is 16.8. The molecule has 81 heavy (non-hydrogen) atoms. The van der Waals surface area contributed by atoms with Crippen molar-refractivity contribution < 1.29 is 0 Å². The minimum absolute atomic E-state index is 0.421. The number of thiophene rings is 1. The van der Waals surface area contributed by atoms with Gasteiger partial charge in [0, 0.05) is 58.6 Å². The average Bonchev–Trinajstić information content (AvgIpc) is 3.96. The first-order valence-electron chi connectivity index (χ1n) is 27.2. The molecule has 12 aromatic carbocycles. The van der Waals surface area contributed by atoms with Crippen molar-refractivity contribution in [2.45, 2.75) is 0 Å². The fraction of sp³-hybridized carbons (Fsp3) is 0. The summed E-state index contributed by atoms with van der Waals surface area (Å²) >= 11 is 1.77. The normalized spacial score (nSPS) is 11.9. The van der Waals surface area contributed by atoms with Crippen LogP contribution in [0.25, 0.3) is 152 Å². The fourth-order valence-electron chi connectivity index (χ4n) is 13.6. The van der Waals surface area contributed by atoms with Crippen LogP contribution in [-0.4, -0.2) is 18.3 Å². The van der Waals surface area contributed by atoms with Gasteiger partial charge in [0.15, 0.2) is 0 Å². The molecule has 0 saturated heterocycles. The topological polar surface area (TPSA) is 67.3 Å². The van der Waals surface area contributed by atoms with Crippen LogP contribution in [0.5, 0.6) is 0 Å². The van der Waals surface area contributed by atoms with Gasteiger partial charge in [-0.3, -0.25) is 0 Å². The molecule has 5 heterocycles. The third-order valence-corrected chi connectivity index (χ3v) is 18.0. The lowest BCUT2D eigenvalue weighted by Gasteiger charge is -2.27. The van der Waals surface area contributed by atoms with E-state index in [2.05, 4.69) is 285 Å². The van der Waals surface area contributed by atoms with Crippen molar-refractivity contribution in [3.8, 4) is 57.1 Å². The number of hydrogen-bond acceptors (Lipinski definition) is 3. The van der Waals surface area contributed by atoms with Gasteiger partial charge in [0.1, 0.15) is 23.3 Å². The van der Waals surface area contributed by atoms with Crippen molar-refractivity contribution in [2.75, 3.05) is 0 Å². The molecular formula is C74H42N6S. The first kappa shape index (κ1) is 45.1. The van der Waals surface area contributed by atoms with Crippen LogP contribution < -0.4 is 0 Å². The maximum atomic E-state index is 12.9. The lowest BCUT2D eigenvalue weighted by Crippen LogP contribution is -2.16. The molecule has 0 atom stereocenters. The summed E-state index contributed by atoms with van der Waals surface area (Å²) in [5, 5.41) is 36.4. The van der Waals surface area contributed by atoms with Crippen LogP contribution in [-0.2, 0) is 0 Å². The first-order valence-corrected chi connectivity index (χ1v) is 28.0. The molecule has 0 bridgehead atoms. The Kier molecular flexibility index (Phi) is 9.62. The van der Waals surface area contributed by atoms with Gasteiger partial charge in [-0.2, -0.15) is 10.5 Å². The molecule has 0 saturated carbocycles. The van der Waals surface area contributed by atoms with E-state index in [-0.39, 0.29) is 0 Å². The molecule has 374 valence electrons. The molecule has 17 aromatic rings. The zero-order valence-electron chi connectivity index (χ0n) is 43.3. The third kappa shape index (κ3) is 6.24. The van der Waals surface area contributed by atoms with Crippen LogP contribution in [0.3, 0.4) is 0 Å². The van der Waals surface area contributed by atoms with Gasteiger partial charge in [0.05, 0.1) is 71.6 Å². The van der Waals surface area contributed by atoms with Crippen LogP contribution in [0.2, 0.25) is 0 Å². The number of hydrogen-bond donors (Lipinski definition) is 0. The summed E-state index contributed by atoms with van der Waals surface area (Å²) in [5.41, 5.74) is 15.2. The SMILES string of the molecule is N#Cc1c(-n2c3ccccc3c3ccccc32)c(-n2c3ccccc3c3ccccc32)c(C#N)c(-n2c3ccc(-c4ccccc4-c4ccccc4)cc3c3ccc4c5ccccc5sc4c32)c1-n1c2ccccc2c2ccccc21. The molecule has 0 aliphatic heterocycles. The highest BCUT2D eigenvalue weighted by atomic mass is 32.1. The fourth-order valence-corrected chi connectivity index (χ4v) is 14.8. The summed E-state index contributed by atoms with van der Waals surface area (Å²) in [5.74, 6) is 0. The van der Waals surface area contributed by atoms with E-state index in [0.29, 0.717) is 33.9 Å². The molecule has 17 rings (SSSR count). The molecule has 0 aliphatic rings. The molecule has 0 radical (unpaired) electrons. The largest absolute Gasteiger partial charge is 0.306 e. The summed E-state index contributed by atoms with van der Waals surface area (Å²) in [6.45, 7) is 0. The monoisotopic (exact) mass is 1050 g/mol. The predicted molar refractivity (Wildman–Crippen MR) is 337 cm³/mol. The molecule has 0 fully saturated rings. The van der Waals surface area contributed by atoms with E-state index in [9.17, 15) is 10.5 Å². The molecule has 6 nitrogen and oxygen atoms in total. The van der Waals surface area contributed by atoms with E-state index in [1.54, 1.807) is 11.3 Å². The maximum Gasteiger partial charge on any atom is 0.104 e. The van der Waals surface area contributed by atoms with E-state index < -0.39 is 0 Å². The van der Waals surface area contributed by atoms with Crippen molar-refractivity contribution >= 4 is 119 Å². The van der Waals surface area contributed by atoms with Crippen LogP contribution in [0.1, 0.15) is 11.1 Å². The summed E-state index contributed by atoms with van der Waals surface area (Å²) in [7, 11) is 0. The second-order valence-corrected chi connectivity index (χ2v) is 21.9. The van der Waals surface area contributed by atoms with Crippen LogP contribution in [0.15, 0.2) is 255 Å². The van der Waals surface area contributed by atoms with Crippen molar-refractivity contribution in [3.63, 3.8) is 0 Å². The van der Waals surface area contributed by atoms with Gasteiger partial charge in [-0.15, -0.1) is 11.3 Å². The summed E-state index contributed by atoms with van der Waals surface area (Å²) in [6, 6.07) is 96.0. The highest BCUT2D eigenvalue weighted by molar-refractivity contribution is 7.26. The molecule has 0 amide bonds. The molecule has 0 unspecified atom stereocenters. The van der Waals surface area contributed by atoms with Gasteiger partial charge in [-0.05, 0) is 76.9 Å². The lowest BCUT2D eigenvalue weighted by molar-refractivity contribution is 1.03. The number of fused-ring (bicyclic) bond motifs is 16. The maximum absolute atomic E-state index is 12.9. The Hall–Kier alpha value is -11.0. The predicted octanol–water partition coefficient (Wildman–Crippen LogP) is 19.5. The summed E-state index contributed by atoms with van der Waals surface area (Å²) < 4.78 is 11.4. The number of nitriles is 2. The lowest BCUT2D eigenvalue weighted by atomic mass is 9.94. The Morgan fingerprint density at radius 3 is 1.09 bits per heavy atom. The Bertz CT molecular complexity index is 5470. The van der Waals surface area contributed by atoms with Gasteiger partial charge < -0.3 is 18.3 Å². The number of para-hydroxylation sites is 6. The zero-order chi connectivity index (χ0) is 53.4. The van der Waals surface area contributed by atoms with E-state index in [1.807, 2.05) is 0 Å². The van der Waals surface area contributed by atoms with Gasteiger partial charge in [-0.1, -0.05) is 200 Å². The van der Waals surface area contributed by atoms with Crippen molar-refractivity contribution in [3.05, 3.63) is 266 Å². The van der Waals surface area contributed by atoms with E-state index in [1.165, 1.54) is 10.1 Å². The smallest absolute Gasteiger partial charge is 0.104 e. The van der Waals surface area contributed by atoms with Crippen molar-refractivity contribution in [2.24, 2.45) is 0 Å². The number of rotatable bonds is 6. The Balaban J connectivity index is 1.15. The standard InChI is InChI=1S/C74H42N6S/c75-43-59-69(77-61-31-13-6-24-49(61)50-25-7-14-32-62(50)77)70(78-63-33-15-8-26-51(63)52-27-9-16-34-64(52)78)60(44-76)72(71(59)79-65-35-17-10-28-53(65)54-29-11-18-36-66(54)79)80-67-41-38-46(48-23-5-4-22-47(48)45-20-2-1-3-21-45)42-58(67)56-39-40-57-55-30-12-19-37-68(55)81-74(57)73(56)80/h1-42H. The molecular weight excluding hydrogens is 1000 g/mol. The van der Waals surface area contributed by atoms with E-state index in [4.69, 9.17) is 0 Å². The number of aromatic nitrogens is 4. The van der Waals surface area contributed by atoms with Crippen LogP contribution >= 0.6 is 11.3 Å². The molecule has 0 aliphatic carbocycles. The summed E-state index contributed by atoms with van der Waals surface area (Å²) in [4.78, 5) is 0. The molecule has 7 heteroatoms. The van der Waals surface area contributed by atoms with Crippen LogP contribution in [0.4, 0.5) is 0 Å². The average molecular weight is 1050 g/mol. The zero-order valence-corrected chi connectivity index (χ0v) is 44.2. The number of nitrogens with zero attached hydrogens (tertiary/aromatic N) is 6. The van der Waals surface area contributed by atoms with E-state index >= 15 is 0 Å². The number of benzene rings is 12. The molecule has 0 spiro atoms. The highest BCUT2D eigenvalue weighted by Crippen LogP contribution is 2.51. The quantitative estimate of drug-likeness (QED) is 0.167. The second-order valence-electron chi connectivity index (χ2n) is 20.9. The summed E-state index contributed by atoms with van der Waals surface area (Å²) in [6.07, 6.45) is 0. The van der Waals surface area contributed by atoms with Crippen molar-refractivity contribution in [1.82, 2.24) is 18.3 Å².